The molecule has 0 spiro atoms. The van der Waals surface area contributed by atoms with Crippen molar-refractivity contribution in [1.29, 1.82) is 0 Å². The van der Waals surface area contributed by atoms with Gasteiger partial charge in [-0.1, -0.05) is 36.6 Å². The number of carbonyl (C=O) groups is 2. The van der Waals surface area contributed by atoms with Gasteiger partial charge in [0.05, 0.1) is 30.2 Å². The first-order valence-electron chi connectivity index (χ1n) is 13.4. The summed E-state index contributed by atoms with van der Waals surface area (Å²) in [5, 5.41) is 50.2. The van der Waals surface area contributed by atoms with E-state index in [1.54, 1.807) is 24.3 Å². The summed E-state index contributed by atoms with van der Waals surface area (Å²) < 4.78 is 5.51. The van der Waals surface area contributed by atoms with Crippen LogP contribution in [0, 0.1) is 17.8 Å². The number of hydrogen-bond donors (Lipinski definition) is 5. The monoisotopic (exact) mass is 537 g/mol. The van der Waals surface area contributed by atoms with Crippen LogP contribution in [0.5, 0.6) is 0 Å². The molecule has 0 radical (unpaired) electrons. The molecule has 1 aliphatic heterocycles. The number of furan rings is 1. The molecule has 2 aromatic rings. The van der Waals surface area contributed by atoms with Gasteiger partial charge in [-0.15, -0.1) is 0 Å². The number of aliphatic hydroxyl groups excluding tert-OH is 3. The standard InChI is InChI=1S/C29H36BNO8/c1-3-5-18-13-23-27(29(36)31(28(23)35)20-7-4-6-19(14-20)30(37)38)24(16-33)26(18)25(34)11-8-17(2)12-21-9-10-22(15-32)39-21/h4,6-7,9-10,12,14,23-25,27,32-34,37-38H,3,5,8,11,13,15-16H2,1-2H3/b17-12+/t23-,24+,25-,27-/m1/s1. The highest BCUT2D eigenvalue weighted by molar-refractivity contribution is 6.58. The third kappa shape index (κ3) is 5.95. The first-order valence-corrected chi connectivity index (χ1v) is 13.4. The van der Waals surface area contributed by atoms with Crippen LogP contribution in [0.4, 0.5) is 5.69 Å². The van der Waals surface area contributed by atoms with Gasteiger partial charge in [-0.05, 0) is 74.0 Å². The largest absolute Gasteiger partial charge is 0.488 e. The quantitative estimate of drug-likeness (QED) is 0.166. The maximum Gasteiger partial charge on any atom is 0.488 e. The number of imide groups is 1. The number of benzene rings is 1. The van der Waals surface area contributed by atoms with Crippen molar-refractivity contribution >= 4 is 36.2 Å². The molecule has 1 aliphatic carbocycles. The van der Waals surface area contributed by atoms with Gasteiger partial charge in [-0.2, -0.15) is 0 Å². The fraction of sp³-hybridized carbons (Fsp3) is 0.448. The lowest BCUT2D eigenvalue weighted by Crippen LogP contribution is -2.39. The molecule has 10 heteroatoms. The Kier molecular flexibility index (Phi) is 9.25. The predicted molar refractivity (Wildman–Crippen MR) is 146 cm³/mol. The summed E-state index contributed by atoms with van der Waals surface area (Å²) in [7, 11) is -1.74. The van der Waals surface area contributed by atoms with Gasteiger partial charge in [0.25, 0.3) is 0 Å². The van der Waals surface area contributed by atoms with E-state index in [0.29, 0.717) is 42.8 Å². The highest BCUT2D eigenvalue weighted by Crippen LogP contribution is 2.48. The number of rotatable bonds is 11. The third-order valence-corrected chi connectivity index (χ3v) is 7.76. The summed E-state index contributed by atoms with van der Waals surface area (Å²) in [5.74, 6) is -1.93. The van der Waals surface area contributed by atoms with E-state index in [2.05, 4.69) is 0 Å². The van der Waals surface area contributed by atoms with E-state index in [9.17, 15) is 35.0 Å². The molecule has 4 rings (SSSR count). The summed E-state index contributed by atoms with van der Waals surface area (Å²) in [6, 6.07) is 9.48. The van der Waals surface area contributed by atoms with Crippen molar-refractivity contribution in [3.05, 3.63) is 64.6 Å². The molecule has 1 aromatic heterocycles. The van der Waals surface area contributed by atoms with E-state index in [-0.39, 0.29) is 30.3 Å². The number of anilines is 1. The second-order valence-corrected chi connectivity index (χ2v) is 10.4. The third-order valence-electron chi connectivity index (χ3n) is 7.76. The second-order valence-electron chi connectivity index (χ2n) is 10.4. The van der Waals surface area contributed by atoms with Crippen LogP contribution >= 0.6 is 0 Å². The lowest BCUT2D eigenvalue weighted by Gasteiger charge is -2.36. The van der Waals surface area contributed by atoms with Crippen molar-refractivity contribution in [2.75, 3.05) is 11.5 Å². The summed E-state index contributed by atoms with van der Waals surface area (Å²) >= 11 is 0. The van der Waals surface area contributed by atoms with Gasteiger partial charge in [0.15, 0.2) is 0 Å². The van der Waals surface area contributed by atoms with Crippen molar-refractivity contribution in [1.82, 2.24) is 0 Å². The lowest BCUT2D eigenvalue weighted by atomic mass is 9.67. The topological polar surface area (TPSA) is 152 Å². The predicted octanol–water partition coefficient (Wildman–Crippen LogP) is 1.91. The molecular weight excluding hydrogens is 501 g/mol. The van der Waals surface area contributed by atoms with Crippen LogP contribution in [0.2, 0.25) is 0 Å². The van der Waals surface area contributed by atoms with Crippen LogP contribution in [0.3, 0.4) is 0 Å². The van der Waals surface area contributed by atoms with E-state index in [1.807, 2.05) is 19.9 Å². The zero-order chi connectivity index (χ0) is 28.3. The number of nitrogens with zero attached hydrogens (tertiary/aromatic N) is 1. The number of aliphatic hydroxyl groups is 3. The molecule has 0 saturated carbocycles. The minimum Gasteiger partial charge on any atom is -0.459 e. The maximum absolute atomic E-state index is 13.7. The molecule has 1 fully saturated rings. The highest BCUT2D eigenvalue weighted by atomic mass is 16.4. The van der Waals surface area contributed by atoms with E-state index in [0.717, 1.165) is 22.5 Å². The first kappa shape index (κ1) is 29.0. The van der Waals surface area contributed by atoms with Crippen LogP contribution in [-0.4, -0.2) is 57.0 Å². The second kappa shape index (κ2) is 12.4. The summed E-state index contributed by atoms with van der Waals surface area (Å²) in [5.41, 5.74) is 2.94. The van der Waals surface area contributed by atoms with Gasteiger partial charge in [0, 0.05) is 5.92 Å². The molecule has 208 valence electrons. The molecule has 9 nitrogen and oxygen atoms in total. The molecule has 1 saturated heterocycles. The molecule has 4 atom stereocenters. The zero-order valence-electron chi connectivity index (χ0n) is 22.3. The van der Waals surface area contributed by atoms with Crippen molar-refractivity contribution in [2.45, 2.75) is 58.7 Å². The molecule has 0 unspecified atom stereocenters. The fourth-order valence-corrected chi connectivity index (χ4v) is 5.97. The maximum atomic E-state index is 13.7. The van der Waals surface area contributed by atoms with Crippen molar-refractivity contribution in [3.63, 3.8) is 0 Å². The van der Waals surface area contributed by atoms with E-state index < -0.39 is 36.9 Å². The minimum atomic E-state index is -1.74. The average Bonchev–Trinajstić information content (AvgIpc) is 3.48. The molecule has 39 heavy (non-hydrogen) atoms. The van der Waals surface area contributed by atoms with Crippen LogP contribution in [-0.2, 0) is 16.2 Å². The number of carbonyl (C=O) groups excluding carboxylic acids is 2. The molecule has 1 aromatic carbocycles. The molecule has 5 N–H and O–H groups in total. The number of fused-ring (bicyclic) bond motifs is 1. The highest BCUT2D eigenvalue weighted by Gasteiger charge is 2.55. The van der Waals surface area contributed by atoms with Gasteiger partial charge in [0.2, 0.25) is 11.8 Å². The summed E-state index contributed by atoms with van der Waals surface area (Å²) in [6.45, 7) is 3.37. The SMILES string of the molecule is CCCC1=C([C@H](O)CC/C(C)=C/c2ccc(CO)o2)[C@H](CO)[C@@H]2C(=O)N(c3cccc(B(O)O)c3)C(=O)[C@@H]2C1. The molecule has 2 amide bonds. The van der Waals surface area contributed by atoms with Crippen molar-refractivity contribution < 1.29 is 39.4 Å². The van der Waals surface area contributed by atoms with Crippen LogP contribution < -0.4 is 10.4 Å². The van der Waals surface area contributed by atoms with Crippen LogP contribution in [0.1, 0.15) is 57.5 Å². The molecular formula is C29H36BNO8. The molecule has 2 heterocycles. The van der Waals surface area contributed by atoms with Gasteiger partial charge in [0.1, 0.15) is 18.1 Å². The van der Waals surface area contributed by atoms with Crippen LogP contribution in [0.15, 0.2) is 57.5 Å². The molecule has 0 bridgehead atoms. The zero-order valence-corrected chi connectivity index (χ0v) is 22.3. The summed E-state index contributed by atoms with van der Waals surface area (Å²) in [4.78, 5) is 28.3. The van der Waals surface area contributed by atoms with Gasteiger partial charge in [-0.3, -0.25) is 14.5 Å². The Morgan fingerprint density at radius 3 is 2.59 bits per heavy atom. The Bertz CT molecular complexity index is 1270. The Morgan fingerprint density at radius 2 is 1.95 bits per heavy atom. The normalized spacial score (nSPS) is 22.5. The lowest BCUT2D eigenvalue weighted by molar-refractivity contribution is -0.123. The number of amides is 2. The number of allylic oxidation sites excluding steroid dienone is 2. The van der Waals surface area contributed by atoms with Gasteiger partial charge >= 0.3 is 7.12 Å². The van der Waals surface area contributed by atoms with Crippen molar-refractivity contribution in [2.24, 2.45) is 17.8 Å². The molecule has 2 aliphatic rings. The van der Waals surface area contributed by atoms with Crippen LogP contribution in [0.25, 0.3) is 6.08 Å². The van der Waals surface area contributed by atoms with Gasteiger partial charge in [-0.25, -0.2) is 0 Å². The smallest absolute Gasteiger partial charge is 0.459 e. The Labute approximate surface area is 228 Å². The first-order chi connectivity index (χ1) is 18.7. The van der Waals surface area contributed by atoms with E-state index >= 15 is 0 Å². The average molecular weight is 537 g/mol. The Hall–Kier alpha value is -3.02. The fourth-order valence-electron chi connectivity index (χ4n) is 5.97. The van der Waals surface area contributed by atoms with Crippen molar-refractivity contribution in [3.8, 4) is 0 Å². The van der Waals surface area contributed by atoms with E-state index in [4.69, 9.17) is 4.42 Å². The van der Waals surface area contributed by atoms with E-state index in [1.165, 1.54) is 12.1 Å². The van der Waals surface area contributed by atoms with Gasteiger partial charge < -0.3 is 29.8 Å². The summed E-state index contributed by atoms with van der Waals surface area (Å²) in [6.07, 6.45) is 3.62. The Morgan fingerprint density at radius 1 is 1.18 bits per heavy atom. The number of hydrogen-bond acceptors (Lipinski definition) is 8. The minimum absolute atomic E-state index is 0.160. The Balaban J connectivity index is 1.59.